The van der Waals surface area contributed by atoms with Crippen LogP contribution in [0.1, 0.15) is 42.1 Å². The SMILES string of the molecule is CC1(CCl)OCC(COCc2c(S(C)(=O)=O)ccc(C(=O)OC3=CC(=O)CCC3)c2Cl)O1. The number of benzene rings is 1. The molecule has 1 aromatic rings. The van der Waals surface area contributed by atoms with Gasteiger partial charge in [0.25, 0.3) is 0 Å². The highest BCUT2D eigenvalue weighted by atomic mass is 35.5. The Kier molecular flexibility index (Phi) is 8.01. The highest BCUT2D eigenvalue weighted by Gasteiger charge is 2.36. The minimum Gasteiger partial charge on any atom is -0.427 e. The minimum atomic E-state index is -3.65. The number of ether oxygens (including phenoxy) is 4. The van der Waals surface area contributed by atoms with Crippen LogP contribution in [0.2, 0.25) is 5.02 Å². The van der Waals surface area contributed by atoms with Gasteiger partial charge in [0.2, 0.25) is 0 Å². The van der Waals surface area contributed by atoms with Gasteiger partial charge in [0.05, 0.1) is 41.2 Å². The lowest BCUT2D eigenvalue weighted by Crippen LogP contribution is -2.29. The fourth-order valence-electron chi connectivity index (χ4n) is 3.39. The number of hydrogen-bond acceptors (Lipinski definition) is 8. The molecular formula is C21H24Cl2O8S. The van der Waals surface area contributed by atoms with Crippen molar-refractivity contribution in [2.75, 3.05) is 25.3 Å². The van der Waals surface area contributed by atoms with Crippen LogP contribution in [0.5, 0.6) is 0 Å². The summed E-state index contributed by atoms with van der Waals surface area (Å²) in [5, 5.41) is -0.0881. The molecule has 1 fully saturated rings. The number of sulfone groups is 1. The molecule has 0 N–H and O–H groups in total. The van der Waals surface area contributed by atoms with Crippen molar-refractivity contribution in [1.29, 1.82) is 0 Å². The Morgan fingerprint density at radius 3 is 2.69 bits per heavy atom. The maximum absolute atomic E-state index is 12.6. The lowest BCUT2D eigenvalue weighted by atomic mass is 10.1. The third-order valence-corrected chi connectivity index (χ3v) is 7.09. The lowest BCUT2D eigenvalue weighted by molar-refractivity contribution is -0.142. The van der Waals surface area contributed by atoms with Crippen LogP contribution < -0.4 is 0 Å². The predicted molar refractivity (Wildman–Crippen MR) is 117 cm³/mol. The molecule has 1 aliphatic carbocycles. The van der Waals surface area contributed by atoms with Gasteiger partial charge >= 0.3 is 5.97 Å². The van der Waals surface area contributed by atoms with Gasteiger partial charge in [0, 0.05) is 30.7 Å². The van der Waals surface area contributed by atoms with Crippen molar-refractivity contribution in [3.8, 4) is 0 Å². The van der Waals surface area contributed by atoms with Crippen LogP contribution in [-0.4, -0.2) is 57.4 Å². The topological polar surface area (TPSA) is 105 Å². The Bertz CT molecular complexity index is 1040. The van der Waals surface area contributed by atoms with Gasteiger partial charge in [0.1, 0.15) is 11.9 Å². The molecule has 1 aliphatic heterocycles. The Balaban J connectivity index is 1.77. The zero-order valence-corrected chi connectivity index (χ0v) is 20.0. The van der Waals surface area contributed by atoms with E-state index in [2.05, 4.69) is 0 Å². The van der Waals surface area contributed by atoms with Gasteiger partial charge in [-0.15, -0.1) is 11.6 Å². The van der Waals surface area contributed by atoms with Crippen molar-refractivity contribution < 1.29 is 37.0 Å². The molecule has 0 radical (unpaired) electrons. The van der Waals surface area contributed by atoms with Crippen LogP contribution in [0.25, 0.3) is 0 Å². The van der Waals surface area contributed by atoms with Crippen LogP contribution in [-0.2, 0) is 40.2 Å². The van der Waals surface area contributed by atoms with Crippen LogP contribution in [0.4, 0.5) is 0 Å². The first-order valence-electron chi connectivity index (χ1n) is 9.95. The average molecular weight is 507 g/mol. The van der Waals surface area contributed by atoms with Crippen molar-refractivity contribution in [1.82, 2.24) is 0 Å². The summed E-state index contributed by atoms with van der Waals surface area (Å²) in [5.74, 6) is -1.38. The number of rotatable bonds is 8. The van der Waals surface area contributed by atoms with E-state index in [-0.39, 0.29) is 64.4 Å². The number of alkyl halides is 1. The van der Waals surface area contributed by atoms with Gasteiger partial charge in [-0.3, -0.25) is 4.79 Å². The molecule has 0 spiro atoms. The van der Waals surface area contributed by atoms with Crippen LogP contribution in [0, 0.1) is 0 Å². The molecule has 11 heteroatoms. The predicted octanol–water partition coefficient (Wildman–Crippen LogP) is 3.42. The molecule has 0 amide bonds. The van der Waals surface area contributed by atoms with Gasteiger partial charge in [-0.2, -0.15) is 0 Å². The molecule has 1 aromatic carbocycles. The second-order valence-electron chi connectivity index (χ2n) is 7.83. The molecule has 32 heavy (non-hydrogen) atoms. The zero-order valence-electron chi connectivity index (χ0n) is 17.7. The quantitative estimate of drug-likeness (QED) is 0.390. The fourth-order valence-corrected chi connectivity index (χ4v) is 4.81. The van der Waals surface area contributed by atoms with E-state index < -0.39 is 21.6 Å². The molecule has 2 aliphatic rings. The lowest BCUT2D eigenvalue weighted by Gasteiger charge is -2.20. The maximum Gasteiger partial charge on any atom is 0.344 e. The molecule has 3 rings (SSSR count). The summed E-state index contributed by atoms with van der Waals surface area (Å²) in [7, 11) is -3.65. The van der Waals surface area contributed by atoms with E-state index in [4.69, 9.17) is 42.1 Å². The third kappa shape index (κ3) is 6.09. The Hall–Kier alpha value is -1.49. The van der Waals surface area contributed by atoms with Gasteiger partial charge in [-0.25, -0.2) is 13.2 Å². The van der Waals surface area contributed by atoms with Crippen molar-refractivity contribution in [2.45, 2.75) is 49.6 Å². The monoisotopic (exact) mass is 506 g/mol. The molecule has 1 heterocycles. The fraction of sp³-hybridized carbons (Fsp3) is 0.524. The number of halogens is 2. The number of allylic oxidation sites excluding steroid dienone is 2. The molecule has 176 valence electrons. The summed E-state index contributed by atoms with van der Waals surface area (Å²) in [6.45, 7) is 1.91. The summed E-state index contributed by atoms with van der Waals surface area (Å²) >= 11 is 12.2. The smallest absolute Gasteiger partial charge is 0.344 e. The molecule has 2 atom stereocenters. The molecule has 2 unspecified atom stereocenters. The highest BCUT2D eigenvalue weighted by molar-refractivity contribution is 7.90. The van der Waals surface area contributed by atoms with Gasteiger partial charge < -0.3 is 18.9 Å². The average Bonchev–Trinajstić information content (AvgIpc) is 3.10. The molecule has 8 nitrogen and oxygen atoms in total. The summed E-state index contributed by atoms with van der Waals surface area (Å²) in [4.78, 5) is 24.1. The zero-order chi connectivity index (χ0) is 23.5. The molecule has 1 saturated heterocycles. The van der Waals surface area contributed by atoms with E-state index in [9.17, 15) is 18.0 Å². The summed E-state index contributed by atoms with van der Waals surface area (Å²) in [6.07, 6.45) is 3.40. The van der Waals surface area contributed by atoms with E-state index in [1.807, 2.05) is 0 Å². The van der Waals surface area contributed by atoms with Crippen LogP contribution >= 0.6 is 23.2 Å². The van der Waals surface area contributed by atoms with E-state index in [0.717, 1.165) is 6.26 Å². The maximum atomic E-state index is 12.6. The van der Waals surface area contributed by atoms with Crippen LogP contribution in [0.3, 0.4) is 0 Å². The first kappa shape index (κ1) is 25.1. The van der Waals surface area contributed by atoms with Crippen molar-refractivity contribution >= 4 is 44.8 Å². The van der Waals surface area contributed by atoms with Gasteiger partial charge in [-0.05, 0) is 25.5 Å². The number of carbonyl (C=O) groups excluding carboxylic acids is 2. The van der Waals surface area contributed by atoms with E-state index in [0.29, 0.717) is 19.3 Å². The number of hydrogen-bond donors (Lipinski definition) is 0. The Labute approximate surface area is 196 Å². The second-order valence-corrected chi connectivity index (χ2v) is 10.5. The largest absolute Gasteiger partial charge is 0.427 e. The standard InChI is InChI=1S/C21H24Cl2O8S/c1-21(12-22)29-10-15(31-21)9-28-11-17-18(32(2,26)27)7-6-16(19(17)23)20(25)30-14-5-3-4-13(24)8-14/h6-8,15H,3-5,9-12H2,1-2H3. The minimum absolute atomic E-state index is 0.0215. The Morgan fingerprint density at radius 1 is 1.31 bits per heavy atom. The number of carbonyl (C=O) groups is 2. The first-order chi connectivity index (χ1) is 15.0. The Morgan fingerprint density at radius 2 is 2.06 bits per heavy atom. The van der Waals surface area contributed by atoms with E-state index >= 15 is 0 Å². The molecule has 0 bridgehead atoms. The third-order valence-electron chi connectivity index (χ3n) is 5.00. The number of esters is 1. The van der Waals surface area contributed by atoms with Gasteiger partial charge in [-0.1, -0.05) is 11.6 Å². The van der Waals surface area contributed by atoms with E-state index in [1.165, 1.54) is 18.2 Å². The van der Waals surface area contributed by atoms with Crippen molar-refractivity contribution in [3.05, 3.63) is 40.1 Å². The normalized spacial score (nSPS) is 23.8. The van der Waals surface area contributed by atoms with Gasteiger partial charge in [0.15, 0.2) is 21.4 Å². The number of ketones is 1. The first-order valence-corrected chi connectivity index (χ1v) is 12.8. The van der Waals surface area contributed by atoms with Crippen molar-refractivity contribution in [3.63, 3.8) is 0 Å². The van der Waals surface area contributed by atoms with Crippen LogP contribution in [0.15, 0.2) is 28.9 Å². The second kappa shape index (κ2) is 10.2. The molecule has 0 saturated carbocycles. The highest BCUT2D eigenvalue weighted by Crippen LogP contribution is 2.31. The molecule has 0 aromatic heterocycles. The summed E-state index contributed by atoms with van der Waals surface area (Å²) < 4.78 is 46.6. The summed E-state index contributed by atoms with van der Waals surface area (Å²) in [5.41, 5.74) is 0.114. The van der Waals surface area contributed by atoms with Crippen molar-refractivity contribution in [2.24, 2.45) is 0 Å². The molecular weight excluding hydrogens is 483 g/mol. The summed E-state index contributed by atoms with van der Waals surface area (Å²) in [6, 6.07) is 2.58. The van der Waals surface area contributed by atoms with E-state index in [1.54, 1.807) is 6.92 Å².